The Hall–Kier alpha value is -3.37. The van der Waals surface area contributed by atoms with Gasteiger partial charge in [-0.05, 0) is 73.1 Å². The van der Waals surface area contributed by atoms with E-state index in [9.17, 15) is 5.26 Å². The highest BCUT2D eigenvalue weighted by molar-refractivity contribution is 5.92. The van der Waals surface area contributed by atoms with E-state index in [1.54, 1.807) is 0 Å². The lowest BCUT2D eigenvalue weighted by molar-refractivity contribution is 0.899. The lowest BCUT2D eigenvalue weighted by atomic mass is 9.95. The molecular formula is C24H26N4. The lowest BCUT2D eigenvalue weighted by Crippen LogP contribution is -2.07. The molecule has 0 aliphatic rings. The normalized spacial score (nSPS) is 10.8. The maximum absolute atomic E-state index is 9.56. The Labute approximate surface area is 167 Å². The second-order valence-electron chi connectivity index (χ2n) is 6.84. The molecule has 0 heterocycles. The van der Waals surface area contributed by atoms with Crippen molar-refractivity contribution >= 4 is 5.71 Å². The van der Waals surface area contributed by atoms with Gasteiger partial charge in [0.2, 0.25) is 0 Å². The minimum Gasteiger partial charge on any atom is -0.391 e. The van der Waals surface area contributed by atoms with Gasteiger partial charge in [0.05, 0.1) is 23.3 Å². The van der Waals surface area contributed by atoms with Crippen LogP contribution in [0.5, 0.6) is 0 Å². The largest absolute Gasteiger partial charge is 0.391 e. The van der Waals surface area contributed by atoms with E-state index in [0.717, 1.165) is 40.8 Å². The van der Waals surface area contributed by atoms with Gasteiger partial charge in [-0.3, -0.25) is 0 Å². The summed E-state index contributed by atoms with van der Waals surface area (Å²) < 4.78 is 0. The molecule has 0 aromatic heterocycles. The molecule has 2 aromatic carbocycles. The maximum Gasteiger partial charge on any atom is 0.0994 e. The summed E-state index contributed by atoms with van der Waals surface area (Å²) in [6, 6.07) is 16.3. The second kappa shape index (κ2) is 10.1. The van der Waals surface area contributed by atoms with Crippen LogP contribution in [0.15, 0.2) is 48.2 Å². The molecule has 4 heteroatoms. The Balaban J connectivity index is 2.11. The van der Waals surface area contributed by atoms with Crippen LogP contribution < -0.4 is 5.32 Å². The molecule has 0 spiro atoms. The molecule has 142 valence electrons. The molecule has 0 fully saturated rings. The van der Waals surface area contributed by atoms with Gasteiger partial charge in [0, 0.05) is 18.5 Å². The first-order valence-electron chi connectivity index (χ1n) is 9.48. The average molecular weight is 371 g/mol. The first-order chi connectivity index (χ1) is 13.5. The van der Waals surface area contributed by atoms with E-state index in [1.807, 2.05) is 56.4 Å². The van der Waals surface area contributed by atoms with Gasteiger partial charge in [-0.1, -0.05) is 31.2 Å². The second-order valence-corrected chi connectivity index (χ2v) is 6.84. The summed E-state index contributed by atoms with van der Waals surface area (Å²) in [5.41, 5.74) is 7.08. The minimum atomic E-state index is 0.585. The van der Waals surface area contributed by atoms with Crippen molar-refractivity contribution in [3.63, 3.8) is 0 Å². The van der Waals surface area contributed by atoms with Crippen molar-refractivity contribution in [2.24, 2.45) is 0 Å². The predicted octanol–water partition coefficient (Wildman–Crippen LogP) is 4.79. The number of hydrogen-bond donors (Lipinski definition) is 2. The standard InChI is InChI=1S/C24H26N4/c1-4-24(28-3)14-23(27)10-7-18-5-8-20(22(12-18)16-26)13-19-6-9-21(15-25)17(2)11-19/h5-6,8-9,11-12,14,27-28H,4,7,10,13H2,1-3H3/b24-14-,27-23?. The molecular weight excluding hydrogens is 344 g/mol. The van der Waals surface area contributed by atoms with Crippen molar-refractivity contribution in [3.8, 4) is 12.1 Å². The molecule has 0 bridgehead atoms. The van der Waals surface area contributed by atoms with Crippen molar-refractivity contribution < 1.29 is 0 Å². The van der Waals surface area contributed by atoms with E-state index in [4.69, 9.17) is 10.7 Å². The molecule has 28 heavy (non-hydrogen) atoms. The van der Waals surface area contributed by atoms with Gasteiger partial charge in [-0.2, -0.15) is 10.5 Å². The smallest absolute Gasteiger partial charge is 0.0994 e. The van der Waals surface area contributed by atoms with Crippen molar-refractivity contribution in [3.05, 3.63) is 81.6 Å². The van der Waals surface area contributed by atoms with Crippen LogP contribution in [0.2, 0.25) is 0 Å². The quantitative estimate of drug-likeness (QED) is 0.655. The minimum absolute atomic E-state index is 0.585. The average Bonchev–Trinajstić information content (AvgIpc) is 2.71. The third kappa shape index (κ3) is 5.56. The third-order valence-electron chi connectivity index (χ3n) is 4.83. The van der Waals surface area contributed by atoms with E-state index in [2.05, 4.69) is 24.4 Å². The summed E-state index contributed by atoms with van der Waals surface area (Å²) in [7, 11) is 1.87. The van der Waals surface area contributed by atoms with Crippen molar-refractivity contribution in [1.82, 2.24) is 5.32 Å². The van der Waals surface area contributed by atoms with Crippen LogP contribution in [0, 0.1) is 35.0 Å². The Bertz CT molecular complexity index is 965. The van der Waals surface area contributed by atoms with Gasteiger partial charge in [0.15, 0.2) is 0 Å². The highest BCUT2D eigenvalue weighted by atomic mass is 14.8. The molecule has 0 amide bonds. The number of hydrogen-bond acceptors (Lipinski definition) is 4. The maximum atomic E-state index is 9.56. The van der Waals surface area contributed by atoms with Crippen molar-refractivity contribution in [2.45, 2.75) is 39.5 Å². The summed E-state index contributed by atoms with van der Waals surface area (Å²) in [6.45, 7) is 3.99. The monoisotopic (exact) mass is 370 g/mol. The molecule has 2 aromatic rings. The van der Waals surface area contributed by atoms with Crippen LogP contribution >= 0.6 is 0 Å². The Morgan fingerprint density at radius 2 is 1.79 bits per heavy atom. The number of allylic oxidation sites excluding steroid dienone is 2. The van der Waals surface area contributed by atoms with Gasteiger partial charge < -0.3 is 10.7 Å². The van der Waals surface area contributed by atoms with E-state index in [0.29, 0.717) is 29.7 Å². The Morgan fingerprint density at radius 1 is 1.07 bits per heavy atom. The molecule has 0 saturated carbocycles. The van der Waals surface area contributed by atoms with Gasteiger partial charge in [-0.25, -0.2) is 0 Å². The zero-order valence-electron chi connectivity index (χ0n) is 16.8. The van der Waals surface area contributed by atoms with Gasteiger partial charge in [-0.15, -0.1) is 0 Å². The third-order valence-corrected chi connectivity index (χ3v) is 4.83. The van der Waals surface area contributed by atoms with Crippen LogP contribution in [0.3, 0.4) is 0 Å². The zero-order chi connectivity index (χ0) is 20.5. The molecule has 2 rings (SSSR count). The molecule has 0 radical (unpaired) electrons. The number of aryl methyl sites for hydroxylation is 2. The van der Waals surface area contributed by atoms with Crippen LogP contribution in [-0.2, 0) is 12.8 Å². The van der Waals surface area contributed by atoms with Crippen LogP contribution in [0.25, 0.3) is 0 Å². The fourth-order valence-corrected chi connectivity index (χ4v) is 3.13. The fourth-order valence-electron chi connectivity index (χ4n) is 3.13. The molecule has 4 nitrogen and oxygen atoms in total. The number of rotatable bonds is 8. The van der Waals surface area contributed by atoms with Crippen LogP contribution in [0.4, 0.5) is 0 Å². The van der Waals surface area contributed by atoms with Crippen LogP contribution in [0.1, 0.15) is 53.1 Å². The van der Waals surface area contributed by atoms with Gasteiger partial charge in [0.25, 0.3) is 0 Å². The summed E-state index contributed by atoms with van der Waals surface area (Å²) in [5.74, 6) is 0. The number of nitrogens with zero attached hydrogens (tertiary/aromatic N) is 2. The number of nitriles is 2. The topological polar surface area (TPSA) is 83.5 Å². The highest BCUT2D eigenvalue weighted by Crippen LogP contribution is 2.19. The van der Waals surface area contributed by atoms with E-state index in [-0.39, 0.29) is 0 Å². The zero-order valence-corrected chi connectivity index (χ0v) is 16.8. The molecule has 0 unspecified atom stereocenters. The molecule has 0 aliphatic carbocycles. The summed E-state index contributed by atoms with van der Waals surface area (Å²) in [4.78, 5) is 0. The van der Waals surface area contributed by atoms with Crippen molar-refractivity contribution in [1.29, 1.82) is 15.9 Å². The molecule has 2 N–H and O–H groups in total. The number of benzene rings is 2. The predicted molar refractivity (Wildman–Crippen MR) is 113 cm³/mol. The summed E-state index contributed by atoms with van der Waals surface area (Å²) in [5, 5.41) is 29.8. The molecule has 0 aliphatic heterocycles. The summed E-state index contributed by atoms with van der Waals surface area (Å²) in [6.07, 6.45) is 4.80. The SMILES string of the molecule is CC/C(=C/C(=N)CCc1ccc(Cc2ccc(C#N)c(C)c2)c(C#N)c1)NC. The highest BCUT2D eigenvalue weighted by Gasteiger charge is 2.07. The fraction of sp³-hybridized carbons (Fsp3) is 0.292. The number of nitrogens with one attached hydrogen (secondary N) is 2. The van der Waals surface area contributed by atoms with E-state index < -0.39 is 0 Å². The van der Waals surface area contributed by atoms with Gasteiger partial charge >= 0.3 is 0 Å². The van der Waals surface area contributed by atoms with E-state index >= 15 is 0 Å². The summed E-state index contributed by atoms with van der Waals surface area (Å²) >= 11 is 0. The first kappa shape index (κ1) is 20.9. The molecule has 0 saturated heterocycles. The van der Waals surface area contributed by atoms with Crippen LogP contribution in [-0.4, -0.2) is 12.8 Å². The van der Waals surface area contributed by atoms with Gasteiger partial charge in [0.1, 0.15) is 0 Å². The lowest BCUT2D eigenvalue weighted by Gasteiger charge is -2.09. The first-order valence-corrected chi connectivity index (χ1v) is 9.48. The Kier molecular flexibility index (Phi) is 7.55. The Morgan fingerprint density at radius 3 is 2.39 bits per heavy atom. The molecule has 0 atom stereocenters. The van der Waals surface area contributed by atoms with Crippen molar-refractivity contribution in [2.75, 3.05) is 7.05 Å². The van der Waals surface area contributed by atoms with E-state index in [1.165, 1.54) is 0 Å².